The average molecular weight is 382 g/mol. The topological polar surface area (TPSA) is 79.3 Å². The van der Waals surface area contributed by atoms with Gasteiger partial charge in [0.25, 0.3) is 0 Å². The molecule has 140 valence electrons. The third-order valence-electron chi connectivity index (χ3n) is 5.00. The van der Waals surface area contributed by atoms with E-state index < -0.39 is 12.2 Å². The number of benzene rings is 1. The zero-order valence-electron chi connectivity index (χ0n) is 14.4. The van der Waals surface area contributed by atoms with Crippen molar-refractivity contribution in [1.29, 1.82) is 0 Å². The number of urea groups is 1. The maximum Gasteiger partial charge on any atom is 0.329 e. The van der Waals surface area contributed by atoms with Crippen molar-refractivity contribution >= 4 is 41.1 Å². The van der Waals surface area contributed by atoms with Crippen LogP contribution in [-0.2, 0) is 11.8 Å². The van der Waals surface area contributed by atoms with Gasteiger partial charge in [0.1, 0.15) is 6.17 Å². The number of hydrogen-bond donors (Lipinski definition) is 2. The number of amides is 3. The normalized spacial score (nSPS) is 23.7. The molecule has 3 amide bonds. The number of rotatable bonds is 2. The fourth-order valence-electron chi connectivity index (χ4n) is 3.65. The molecule has 7 nitrogen and oxygen atoms in total. The summed E-state index contributed by atoms with van der Waals surface area (Å²) in [6, 6.07) is 5.32. The lowest BCUT2D eigenvalue weighted by Crippen LogP contribution is -2.49. The van der Waals surface area contributed by atoms with Gasteiger partial charge in [-0.15, -0.1) is 12.4 Å². The second-order valence-electron chi connectivity index (χ2n) is 6.59. The molecule has 2 aromatic rings. The lowest BCUT2D eigenvalue weighted by atomic mass is 9.88. The highest BCUT2D eigenvalue weighted by atomic mass is 35.5. The average Bonchev–Trinajstić information content (AvgIpc) is 2.91. The molecule has 2 aliphatic heterocycles. The van der Waals surface area contributed by atoms with Crippen LogP contribution >= 0.6 is 12.4 Å². The molecule has 26 heavy (non-hydrogen) atoms. The number of carbonyl (C=O) groups excluding carboxylic acids is 2. The molecule has 2 aliphatic rings. The minimum atomic E-state index is -0.905. The van der Waals surface area contributed by atoms with Crippen molar-refractivity contribution in [3.8, 4) is 0 Å². The van der Waals surface area contributed by atoms with E-state index >= 15 is 0 Å². The molecule has 9 heteroatoms. The van der Waals surface area contributed by atoms with E-state index in [0.717, 1.165) is 29.4 Å². The number of halogens is 2. The summed E-state index contributed by atoms with van der Waals surface area (Å²) in [4.78, 5) is 24.9. The summed E-state index contributed by atoms with van der Waals surface area (Å²) in [5.74, 6) is 0.125. The highest BCUT2D eigenvalue weighted by Gasteiger charge is 2.29. The first-order valence-corrected chi connectivity index (χ1v) is 8.47. The number of nitrogens with one attached hydrogen (secondary N) is 2. The molecule has 0 saturated carbocycles. The predicted octanol–water partition coefficient (Wildman–Crippen LogP) is 1.86. The molecule has 0 spiro atoms. The Hall–Kier alpha value is -2.19. The van der Waals surface area contributed by atoms with Gasteiger partial charge in [0.05, 0.1) is 5.52 Å². The summed E-state index contributed by atoms with van der Waals surface area (Å²) in [6.07, 6.45) is 0.104. The van der Waals surface area contributed by atoms with Gasteiger partial charge in [0.2, 0.25) is 5.91 Å². The molecular weight excluding hydrogens is 361 g/mol. The molecule has 1 aromatic carbocycles. The number of hydrogen-bond acceptors (Lipinski definition) is 4. The number of alkyl halides is 1. The van der Waals surface area contributed by atoms with Crippen LogP contribution in [0.25, 0.3) is 10.9 Å². The van der Waals surface area contributed by atoms with Crippen LogP contribution in [0.3, 0.4) is 0 Å². The Bertz CT molecular complexity index is 855. The number of aryl methyl sites for hydroxylation is 1. The van der Waals surface area contributed by atoms with Gasteiger partial charge in [0, 0.05) is 37.9 Å². The minimum absolute atomic E-state index is 0. The summed E-state index contributed by atoms with van der Waals surface area (Å²) in [7, 11) is 1.80. The molecule has 2 saturated heterocycles. The van der Waals surface area contributed by atoms with E-state index in [4.69, 9.17) is 0 Å². The van der Waals surface area contributed by atoms with E-state index in [2.05, 4.69) is 15.7 Å². The van der Waals surface area contributed by atoms with Crippen LogP contribution in [0.4, 0.5) is 15.0 Å². The standard InChI is InChI=1S/C17H20FN5O2.ClH/c1-22-14-8-10(11-4-6-19-9-13(11)18)2-3-12(14)16(21-22)23-7-5-15(24)20-17(23)25;/h2-3,8,11,13,19H,4-7,9H2,1H3,(H,20,24,25);1H. The van der Waals surface area contributed by atoms with Gasteiger partial charge >= 0.3 is 6.03 Å². The third kappa shape index (κ3) is 3.14. The van der Waals surface area contributed by atoms with Crippen molar-refractivity contribution in [3.63, 3.8) is 0 Å². The summed E-state index contributed by atoms with van der Waals surface area (Å²) in [5, 5.41) is 10.7. The summed E-state index contributed by atoms with van der Waals surface area (Å²) in [6.45, 7) is 1.49. The van der Waals surface area contributed by atoms with E-state index in [1.165, 1.54) is 4.90 Å². The number of nitrogens with zero attached hydrogens (tertiary/aromatic N) is 3. The summed E-state index contributed by atoms with van der Waals surface area (Å²) in [5.41, 5.74) is 1.80. The van der Waals surface area contributed by atoms with E-state index in [1.54, 1.807) is 11.7 Å². The van der Waals surface area contributed by atoms with Crippen molar-refractivity contribution in [2.75, 3.05) is 24.5 Å². The van der Waals surface area contributed by atoms with E-state index in [0.29, 0.717) is 18.9 Å². The lowest BCUT2D eigenvalue weighted by molar-refractivity contribution is -0.120. The highest BCUT2D eigenvalue weighted by molar-refractivity contribution is 6.08. The molecule has 3 heterocycles. The Morgan fingerprint density at radius 3 is 2.85 bits per heavy atom. The lowest BCUT2D eigenvalue weighted by Gasteiger charge is -2.27. The van der Waals surface area contributed by atoms with Gasteiger partial charge in [-0.1, -0.05) is 6.07 Å². The number of carbonyl (C=O) groups is 2. The SMILES string of the molecule is Cl.Cn1nc(N2CCC(=O)NC2=O)c2ccc(C3CCNCC3F)cc21. The largest absolute Gasteiger partial charge is 0.329 e. The second kappa shape index (κ2) is 7.20. The van der Waals surface area contributed by atoms with Crippen molar-refractivity contribution in [3.05, 3.63) is 23.8 Å². The van der Waals surface area contributed by atoms with Crippen LogP contribution in [0.1, 0.15) is 24.3 Å². The zero-order chi connectivity index (χ0) is 17.6. The van der Waals surface area contributed by atoms with Gasteiger partial charge in [0.15, 0.2) is 5.82 Å². The van der Waals surface area contributed by atoms with Crippen LogP contribution in [-0.4, -0.2) is 47.5 Å². The molecule has 4 rings (SSSR count). The number of piperidine rings is 1. The molecule has 2 N–H and O–H groups in total. The minimum Gasteiger partial charge on any atom is -0.314 e. The van der Waals surface area contributed by atoms with Crippen LogP contribution in [0.2, 0.25) is 0 Å². The first-order chi connectivity index (χ1) is 12.0. The number of fused-ring (bicyclic) bond motifs is 1. The zero-order valence-corrected chi connectivity index (χ0v) is 15.2. The number of aromatic nitrogens is 2. The second-order valence-corrected chi connectivity index (χ2v) is 6.59. The quantitative estimate of drug-likeness (QED) is 0.832. The highest BCUT2D eigenvalue weighted by Crippen LogP contribution is 2.33. The maximum absolute atomic E-state index is 14.2. The summed E-state index contributed by atoms with van der Waals surface area (Å²) >= 11 is 0. The molecule has 0 bridgehead atoms. The first kappa shape index (κ1) is 18.6. The van der Waals surface area contributed by atoms with E-state index in [1.807, 2.05) is 18.2 Å². The number of imide groups is 1. The van der Waals surface area contributed by atoms with Gasteiger partial charge in [-0.2, -0.15) is 5.10 Å². The van der Waals surface area contributed by atoms with Crippen molar-refractivity contribution in [2.24, 2.45) is 7.05 Å². The van der Waals surface area contributed by atoms with Crippen LogP contribution in [0.5, 0.6) is 0 Å². The first-order valence-electron chi connectivity index (χ1n) is 8.47. The molecule has 1 aromatic heterocycles. The Balaban J connectivity index is 0.00000196. The van der Waals surface area contributed by atoms with Crippen LogP contribution in [0.15, 0.2) is 18.2 Å². The molecular formula is C17H21ClFN5O2. The molecule has 2 fully saturated rings. The smallest absolute Gasteiger partial charge is 0.314 e. The van der Waals surface area contributed by atoms with E-state index in [9.17, 15) is 14.0 Å². The summed E-state index contributed by atoms with van der Waals surface area (Å²) < 4.78 is 15.9. The Kier molecular flexibility index (Phi) is 5.15. The van der Waals surface area contributed by atoms with Crippen LogP contribution in [0, 0.1) is 0 Å². The van der Waals surface area contributed by atoms with Gasteiger partial charge in [-0.25, -0.2) is 9.18 Å². The Labute approximate surface area is 156 Å². The van der Waals surface area contributed by atoms with Gasteiger partial charge in [-0.3, -0.25) is 19.7 Å². The molecule has 2 unspecified atom stereocenters. The Morgan fingerprint density at radius 1 is 1.31 bits per heavy atom. The molecule has 2 atom stereocenters. The van der Waals surface area contributed by atoms with Crippen molar-refractivity contribution in [1.82, 2.24) is 20.4 Å². The van der Waals surface area contributed by atoms with Gasteiger partial charge in [-0.05, 0) is 30.7 Å². The third-order valence-corrected chi connectivity index (χ3v) is 5.00. The van der Waals surface area contributed by atoms with Gasteiger partial charge < -0.3 is 5.32 Å². The number of anilines is 1. The molecule has 0 radical (unpaired) electrons. The predicted molar refractivity (Wildman–Crippen MR) is 98.6 cm³/mol. The Morgan fingerprint density at radius 2 is 2.12 bits per heavy atom. The van der Waals surface area contributed by atoms with Crippen molar-refractivity contribution < 1.29 is 14.0 Å². The molecule has 0 aliphatic carbocycles. The van der Waals surface area contributed by atoms with Crippen LogP contribution < -0.4 is 15.5 Å². The maximum atomic E-state index is 14.2. The fourth-order valence-corrected chi connectivity index (χ4v) is 3.65. The fraction of sp³-hybridized carbons (Fsp3) is 0.471. The van der Waals surface area contributed by atoms with E-state index in [-0.39, 0.29) is 30.7 Å². The van der Waals surface area contributed by atoms with Crippen molar-refractivity contribution in [2.45, 2.75) is 24.9 Å². The monoisotopic (exact) mass is 381 g/mol.